The summed E-state index contributed by atoms with van der Waals surface area (Å²) in [5, 5.41) is 0. The highest BCUT2D eigenvalue weighted by atomic mass is 19.1. The SMILES string of the molecule is COCCN1C(=O)C[C@](CC(=O)N2C[C@H]3CC[C@@H]2C3)(c2ccccc2F)C1=O. The first kappa shape index (κ1) is 19.1. The predicted molar refractivity (Wildman–Crippen MR) is 98.8 cm³/mol. The average molecular weight is 388 g/mol. The molecule has 3 aliphatic rings. The Balaban J connectivity index is 1.67. The third kappa shape index (κ3) is 3.02. The number of amides is 3. The van der Waals surface area contributed by atoms with Crippen LogP contribution in [0.4, 0.5) is 4.39 Å². The summed E-state index contributed by atoms with van der Waals surface area (Å²) >= 11 is 0. The van der Waals surface area contributed by atoms with Crippen molar-refractivity contribution in [3.8, 4) is 0 Å². The van der Waals surface area contributed by atoms with Crippen molar-refractivity contribution in [1.29, 1.82) is 0 Å². The summed E-state index contributed by atoms with van der Waals surface area (Å²) in [6.07, 6.45) is 2.76. The molecule has 1 aliphatic carbocycles. The maximum Gasteiger partial charge on any atom is 0.241 e. The van der Waals surface area contributed by atoms with Crippen molar-refractivity contribution in [2.45, 2.75) is 43.6 Å². The maximum absolute atomic E-state index is 14.7. The van der Waals surface area contributed by atoms with E-state index in [-0.39, 0.29) is 49.4 Å². The summed E-state index contributed by atoms with van der Waals surface area (Å²) in [6, 6.07) is 6.18. The van der Waals surface area contributed by atoms with Crippen LogP contribution in [0.25, 0.3) is 0 Å². The Morgan fingerprint density at radius 1 is 1.29 bits per heavy atom. The zero-order chi connectivity index (χ0) is 19.9. The molecular formula is C21H25FN2O4. The summed E-state index contributed by atoms with van der Waals surface area (Å²) in [5.74, 6) is -1.09. The number of fused-ring (bicyclic) bond motifs is 2. The first-order chi connectivity index (χ1) is 13.5. The van der Waals surface area contributed by atoms with Crippen molar-refractivity contribution in [2.24, 2.45) is 5.92 Å². The number of methoxy groups -OCH3 is 1. The summed E-state index contributed by atoms with van der Waals surface area (Å²) in [6.45, 7) is 1.01. The zero-order valence-corrected chi connectivity index (χ0v) is 16.0. The molecule has 28 heavy (non-hydrogen) atoms. The fourth-order valence-corrected chi connectivity index (χ4v) is 5.09. The van der Waals surface area contributed by atoms with Crippen LogP contribution in [0.3, 0.4) is 0 Å². The molecule has 3 amide bonds. The lowest BCUT2D eigenvalue weighted by Crippen LogP contribution is -2.46. The minimum atomic E-state index is -1.48. The van der Waals surface area contributed by atoms with E-state index >= 15 is 0 Å². The third-order valence-electron chi connectivity index (χ3n) is 6.50. The van der Waals surface area contributed by atoms with Crippen molar-refractivity contribution in [3.63, 3.8) is 0 Å². The molecule has 150 valence electrons. The molecule has 0 spiro atoms. The van der Waals surface area contributed by atoms with Gasteiger partial charge in [0.15, 0.2) is 0 Å². The highest BCUT2D eigenvalue weighted by Crippen LogP contribution is 2.43. The maximum atomic E-state index is 14.7. The number of likely N-dealkylation sites (tertiary alicyclic amines) is 2. The topological polar surface area (TPSA) is 66.9 Å². The number of piperidine rings is 1. The lowest BCUT2D eigenvalue weighted by Gasteiger charge is -2.32. The second kappa shape index (κ2) is 7.28. The van der Waals surface area contributed by atoms with Gasteiger partial charge >= 0.3 is 0 Å². The first-order valence-electron chi connectivity index (χ1n) is 9.84. The molecule has 1 saturated carbocycles. The number of rotatable bonds is 6. The van der Waals surface area contributed by atoms with Gasteiger partial charge in [-0.2, -0.15) is 0 Å². The normalized spacial score (nSPS) is 29.2. The average Bonchev–Trinajstić information content (AvgIpc) is 3.36. The number of benzene rings is 1. The van der Waals surface area contributed by atoms with E-state index in [4.69, 9.17) is 4.74 Å². The van der Waals surface area contributed by atoms with Gasteiger partial charge in [0.2, 0.25) is 17.7 Å². The fraction of sp³-hybridized carbons (Fsp3) is 0.571. The number of hydrogen-bond donors (Lipinski definition) is 0. The minimum absolute atomic E-state index is 0.104. The van der Waals surface area contributed by atoms with Gasteiger partial charge in [0.1, 0.15) is 5.82 Å². The van der Waals surface area contributed by atoms with Gasteiger partial charge in [0.05, 0.1) is 18.6 Å². The summed E-state index contributed by atoms with van der Waals surface area (Å²) in [7, 11) is 1.49. The highest BCUT2D eigenvalue weighted by Gasteiger charge is 2.55. The highest BCUT2D eigenvalue weighted by molar-refractivity contribution is 6.10. The summed E-state index contributed by atoms with van der Waals surface area (Å²) in [4.78, 5) is 42.0. The quantitative estimate of drug-likeness (QED) is 0.698. The van der Waals surface area contributed by atoms with Gasteiger partial charge in [-0.25, -0.2) is 4.39 Å². The summed E-state index contributed by atoms with van der Waals surface area (Å²) in [5.41, 5.74) is -1.35. The Labute approximate surface area is 163 Å². The Hall–Kier alpha value is -2.28. The fourth-order valence-electron chi connectivity index (χ4n) is 5.09. The van der Waals surface area contributed by atoms with Gasteiger partial charge in [-0.15, -0.1) is 0 Å². The molecule has 2 aliphatic heterocycles. The molecule has 0 aromatic heterocycles. The van der Waals surface area contributed by atoms with Gasteiger partial charge in [-0.1, -0.05) is 18.2 Å². The van der Waals surface area contributed by atoms with E-state index in [2.05, 4.69) is 0 Å². The lowest BCUT2D eigenvalue weighted by atomic mass is 9.75. The van der Waals surface area contributed by atoms with E-state index in [0.29, 0.717) is 12.5 Å². The number of nitrogens with zero attached hydrogens (tertiary/aromatic N) is 2. The van der Waals surface area contributed by atoms with Crippen LogP contribution in [0.2, 0.25) is 0 Å². The number of ether oxygens (including phenoxy) is 1. The van der Waals surface area contributed by atoms with Crippen LogP contribution in [0.5, 0.6) is 0 Å². The van der Waals surface area contributed by atoms with Crippen LogP contribution in [0, 0.1) is 11.7 Å². The van der Waals surface area contributed by atoms with Crippen molar-refractivity contribution in [2.75, 3.05) is 26.8 Å². The molecule has 1 aromatic carbocycles. The molecule has 2 heterocycles. The standard InChI is InChI=1S/C21H25FN2O4/c1-28-9-8-23-18(25)11-21(20(23)27,16-4-2-3-5-17(16)22)12-19(26)24-13-14-6-7-15(24)10-14/h2-5,14-15H,6-13H2,1H3/t14-,15+,21-/m0/s1. The molecule has 0 unspecified atom stereocenters. The van der Waals surface area contributed by atoms with Crippen molar-refractivity contribution < 1.29 is 23.5 Å². The van der Waals surface area contributed by atoms with Crippen LogP contribution >= 0.6 is 0 Å². The second-order valence-corrected chi connectivity index (χ2v) is 8.14. The Bertz CT molecular complexity index is 813. The number of hydrogen-bond acceptors (Lipinski definition) is 4. The number of imide groups is 1. The van der Waals surface area contributed by atoms with Crippen LogP contribution in [0.1, 0.15) is 37.7 Å². The molecule has 3 fully saturated rings. The van der Waals surface area contributed by atoms with Crippen molar-refractivity contribution in [1.82, 2.24) is 9.80 Å². The van der Waals surface area contributed by atoms with E-state index in [0.717, 1.165) is 24.2 Å². The smallest absolute Gasteiger partial charge is 0.241 e. The second-order valence-electron chi connectivity index (χ2n) is 8.14. The zero-order valence-electron chi connectivity index (χ0n) is 16.0. The monoisotopic (exact) mass is 388 g/mol. The minimum Gasteiger partial charge on any atom is -0.383 e. The Morgan fingerprint density at radius 2 is 2.07 bits per heavy atom. The third-order valence-corrected chi connectivity index (χ3v) is 6.50. The Morgan fingerprint density at radius 3 is 2.71 bits per heavy atom. The van der Waals surface area contributed by atoms with E-state index in [9.17, 15) is 18.8 Å². The Kier molecular flexibility index (Phi) is 4.95. The van der Waals surface area contributed by atoms with Crippen molar-refractivity contribution >= 4 is 17.7 Å². The molecule has 7 heteroatoms. The molecule has 6 nitrogen and oxygen atoms in total. The van der Waals surface area contributed by atoms with Gasteiger partial charge in [-0.05, 0) is 31.2 Å². The molecule has 1 aromatic rings. The molecule has 3 atom stereocenters. The molecule has 2 saturated heterocycles. The first-order valence-corrected chi connectivity index (χ1v) is 9.84. The van der Waals surface area contributed by atoms with E-state index in [1.165, 1.54) is 25.3 Å². The van der Waals surface area contributed by atoms with E-state index in [1.54, 1.807) is 6.07 Å². The van der Waals surface area contributed by atoms with E-state index < -0.39 is 17.1 Å². The predicted octanol–water partition coefficient (Wildman–Crippen LogP) is 1.87. The van der Waals surface area contributed by atoms with Crippen LogP contribution in [0.15, 0.2) is 24.3 Å². The van der Waals surface area contributed by atoms with Gasteiger partial charge in [-0.3, -0.25) is 19.3 Å². The van der Waals surface area contributed by atoms with Crippen LogP contribution in [-0.2, 0) is 24.5 Å². The summed E-state index contributed by atoms with van der Waals surface area (Å²) < 4.78 is 19.7. The van der Waals surface area contributed by atoms with Gasteiger partial charge < -0.3 is 9.64 Å². The van der Waals surface area contributed by atoms with E-state index in [1.807, 2.05) is 4.90 Å². The number of carbonyl (C=O) groups excluding carboxylic acids is 3. The largest absolute Gasteiger partial charge is 0.383 e. The number of carbonyl (C=O) groups is 3. The molecule has 2 bridgehead atoms. The molecule has 0 radical (unpaired) electrons. The van der Waals surface area contributed by atoms with Gasteiger partial charge in [0.25, 0.3) is 0 Å². The van der Waals surface area contributed by atoms with Gasteiger partial charge in [0, 0.05) is 38.1 Å². The molecule has 4 rings (SSSR count). The lowest BCUT2D eigenvalue weighted by molar-refractivity contribution is -0.143. The van der Waals surface area contributed by atoms with Crippen LogP contribution in [-0.4, -0.2) is 60.4 Å². The number of halogens is 1. The molecule has 0 N–H and O–H groups in total. The van der Waals surface area contributed by atoms with Crippen LogP contribution < -0.4 is 0 Å². The molecular weight excluding hydrogens is 363 g/mol. The van der Waals surface area contributed by atoms with Crippen molar-refractivity contribution in [3.05, 3.63) is 35.6 Å².